The van der Waals surface area contributed by atoms with Gasteiger partial charge in [-0.05, 0) is 47.5 Å². The summed E-state index contributed by atoms with van der Waals surface area (Å²) in [6, 6.07) is 24.4. The molecule has 1 fully saturated rings. The Kier molecular flexibility index (Phi) is 7.15. The first kappa shape index (κ1) is 21.6. The smallest absolute Gasteiger partial charge is 0.255 e. The molecule has 3 aromatic rings. The molecule has 32 heavy (non-hydrogen) atoms. The van der Waals surface area contributed by atoms with Crippen LogP contribution in [-0.2, 0) is 22.6 Å². The lowest BCUT2D eigenvalue weighted by atomic mass is 10.1. The van der Waals surface area contributed by atoms with Gasteiger partial charge in [0.2, 0.25) is 5.91 Å². The van der Waals surface area contributed by atoms with Crippen molar-refractivity contribution >= 4 is 17.5 Å². The lowest BCUT2D eigenvalue weighted by molar-refractivity contribution is -0.134. The summed E-state index contributed by atoms with van der Waals surface area (Å²) < 4.78 is 11.0. The van der Waals surface area contributed by atoms with E-state index in [1.54, 1.807) is 24.3 Å². The Labute approximate surface area is 187 Å². The second-order valence-corrected chi connectivity index (χ2v) is 7.62. The van der Waals surface area contributed by atoms with Gasteiger partial charge in [0, 0.05) is 24.3 Å². The van der Waals surface area contributed by atoms with Crippen LogP contribution < -0.4 is 10.1 Å². The van der Waals surface area contributed by atoms with Gasteiger partial charge in [-0.25, -0.2) is 0 Å². The zero-order chi connectivity index (χ0) is 22.2. The predicted octanol–water partition coefficient (Wildman–Crippen LogP) is 3.92. The third-order valence-corrected chi connectivity index (χ3v) is 5.30. The molecule has 0 radical (unpaired) electrons. The standard InChI is InChI=1S/C26H26N2O4/c29-25(28-14-16-31-17-15-28)18-20-6-10-23(11-7-20)27-26(30)22-8-12-24(13-9-22)32-19-21-4-2-1-3-5-21/h1-13H,14-19H2,(H,27,30). The number of hydrogen-bond donors (Lipinski definition) is 1. The Morgan fingerprint density at radius 2 is 1.53 bits per heavy atom. The van der Waals surface area contributed by atoms with E-state index in [0.717, 1.165) is 11.1 Å². The highest BCUT2D eigenvalue weighted by Crippen LogP contribution is 2.17. The van der Waals surface area contributed by atoms with Crippen LogP contribution in [0.15, 0.2) is 78.9 Å². The molecule has 0 aliphatic carbocycles. The molecule has 1 aliphatic heterocycles. The molecule has 1 N–H and O–H groups in total. The molecule has 1 aliphatic rings. The fraction of sp³-hybridized carbons (Fsp3) is 0.231. The van der Waals surface area contributed by atoms with E-state index in [-0.39, 0.29) is 11.8 Å². The Morgan fingerprint density at radius 3 is 2.22 bits per heavy atom. The molecule has 0 unspecified atom stereocenters. The molecule has 0 spiro atoms. The first-order chi connectivity index (χ1) is 15.7. The summed E-state index contributed by atoms with van der Waals surface area (Å²) in [6.45, 7) is 2.95. The number of amides is 2. The first-order valence-corrected chi connectivity index (χ1v) is 10.7. The van der Waals surface area contributed by atoms with Crippen LogP contribution in [0.2, 0.25) is 0 Å². The van der Waals surface area contributed by atoms with E-state index in [1.807, 2.05) is 59.5 Å². The molecule has 0 bridgehead atoms. The third-order valence-electron chi connectivity index (χ3n) is 5.30. The van der Waals surface area contributed by atoms with Gasteiger partial charge >= 0.3 is 0 Å². The number of anilines is 1. The van der Waals surface area contributed by atoms with Crippen molar-refractivity contribution in [3.63, 3.8) is 0 Å². The van der Waals surface area contributed by atoms with E-state index in [2.05, 4.69) is 5.32 Å². The van der Waals surface area contributed by atoms with Crippen molar-refractivity contribution < 1.29 is 19.1 Å². The zero-order valence-corrected chi connectivity index (χ0v) is 17.8. The van der Waals surface area contributed by atoms with Gasteiger partial charge in [0.1, 0.15) is 12.4 Å². The minimum absolute atomic E-state index is 0.0969. The number of carbonyl (C=O) groups excluding carboxylic acids is 2. The highest BCUT2D eigenvalue weighted by Gasteiger charge is 2.17. The molecule has 164 valence electrons. The average Bonchev–Trinajstić information content (AvgIpc) is 2.85. The maximum Gasteiger partial charge on any atom is 0.255 e. The quantitative estimate of drug-likeness (QED) is 0.617. The van der Waals surface area contributed by atoms with Crippen LogP contribution in [0.3, 0.4) is 0 Å². The number of carbonyl (C=O) groups is 2. The SMILES string of the molecule is O=C(Nc1ccc(CC(=O)N2CCOCC2)cc1)c1ccc(OCc2ccccc2)cc1. The topological polar surface area (TPSA) is 67.9 Å². The summed E-state index contributed by atoms with van der Waals surface area (Å²) in [7, 11) is 0. The molecular weight excluding hydrogens is 404 g/mol. The predicted molar refractivity (Wildman–Crippen MR) is 123 cm³/mol. The van der Waals surface area contributed by atoms with Gasteiger partial charge < -0.3 is 19.7 Å². The van der Waals surface area contributed by atoms with Crippen molar-refractivity contribution in [1.82, 2.24) is 4.90 Å². The molecule has 1 heterocycles. The van der Waals surface area contributed by atoms with Crippen molar-refractivity contribution in [2.75, 3.05) is 31.6 Å². The van der Waals surface area contributed by atoms with Gasteiger partial charge in [-0.3, -0.25) is 9.59 Å². The summed E-state index contributed by atoms with van der Waals surface area (Å²) in [5, 5.41) is 2.89. The molecule has 6 heteroatoms. The van der Waals surface area contributed by atoms with E-state index in [1.165, 1.54) is 0 Å². The Hall–Kier alpha value is -3.64. The van der Waals surface area contributed by atoms with Crippen LogP contribution >= 0.6 is 0 Å². The van der Waals surface area contributed by atoms with Gasteiger partial charge in [0.15, 0.2) is 0 Å². The van der Waals surface area contributed by atoms with E-state index < -0.39 is 0 Å². The second kappa shape index (κ2) is 10.6. The molecule has 2 amide bonds. The number of rotatable bonds is 7. The number of benzene rings is 3. The second-order valence-electron chi connectivity index (χ2n) is 7.62. The van der Waals surface area contributed by atoms with Crippen LogP contribution in [0.5, 0.6) is 5.75 Å². The maximum absolute atomic E-state index is 12.5. The normalized spacial score (nSPS) is 13.4. The summed E-state index contributed by atoms with van der Waals surface area (Å²) in [4.78, 5) is 26.7. The van der Waals surface area contributed by atoms with Gasteiger partial charge in [0.05, 0.1) is 19.6 Å². The molecule has 0 saturated carbocycles. The largest absolute Gasteiger partial charge is 0.489 e. The summed E-state index contributed by atoms with van der Waals surface area (Å²) in [5.41, 5.74) is 3.23. The van der Waals surface area contributed by atoms with Crippen molar-refractivity contribution in [2.45, 2.75) is 13.0 Å². The first-order valence-electron chi connectivity index (χ1n) is 10.7. The Balaban J connectivity index is 1.28. The number of ether oxygens (including phenoxy) is 2. The van der Waals surface area contributed by atoms with E-state index in [9.17, 15) is 9.59 Å². The Bertz CT molecular complexity index is 1030. The fourth-order valence-corrected chi connectivity index (χ4v) is 3.45. The van der Waals surface area contributed by atoms with Crippen LogP contribution in [0.4, 0.5) is 5.69 Å². The zero-order valence-electron chi connectivity index (χ0n) is 17.8. The minimum Gasteiger partial charge on any atom is -0.489 e. The average molecular weight is 431 g/mol. The molecule has 3 aromatic carbocycles. The van der Waals surface area contributed by atoms with Crippen LogP contribution in [-0.4, -0.2) is 43.0 Å². The van der Waals surface area contributed by atoms with Gasteiger partial charge in [-0.1, -0.05) is 42.5 Å². The molecule has 6 nitrogen and oxygen atoms in total. The van der Waals surface area contributed by atoms with Gasteiger partial charge in [0.25, 0.3) is 5.91 Å². The van der Waals surface area contributed by atoms with Crippen LogP contribution in [0.25, 0.3) is 0 Å². The lowest BCUT2D eigenvalue weighted by Gasteiger charge is -2.26. The number of morpholine rings is 1. The van der Waals surface area contributed by atoms with Gasteiger partial charge in [-0.15, -0.1) is 0 Å². The summed E-state index contributed by atoms with van der Waals surface area (Å²) >= 11 is 0. The maximum atomic E-state index is 12.5. The molecule has 0 atom stereocenters. The molecule has 0 aromatic heterocycles. The summed E-state index contributed by atoms with van der Waals surface area (Å²) in [6.07, 6.45) is 0.346. The molecular formula is C26H26N2O4. The highest BCUT2D eigenvalue weighted by atomic mass is 16.5. The number of nitrogens with zero attached hydrogens (tertiary/aromatic N) is 1. The Morgan fingerprint density at radius 1 is 0.844 bits per heavy atom. The summed E-state index contributed by atoms with van der Waals surface area (Å²) in [5.74, 6) is 0.608. The number of hydrogen-bond acceptors (Lipinski definition) is 4. The minimum atomic E-state index is -0.197. The van der Waals surface area contributed by atoms with Gasteiger partial charge in [-0.2, -0.15) is 0 Å². The highest BCUT2D eigenvalue weighted by molar-refractivity contribution is 6.04. The van der Waals surface area contributed by atoms with E-state index in [0.29, 0.717) is 56.3 Å². The molecule has 4 rings (SSSR count). The lowest BCUT2D eigenvalue weighted by Crippen LogP contribution is -2.41. The number of nitrogens with one attached hydrogen (secondary N) is 1. The fourth-order valence-electron chi connectivity index (χ4n) is 3.45. The van der Waals surface area contributed by atoms with Crippen molar-refractivity contribution in [1.29, 1.82) is 0 Å². The van der Waals surface area contributed by atoms with E-state index in [4.69, 9.17) is 9.47 Å². The van der Waals surface area contributed by atoms with Crippen molar-refractivity contribution in [3.8, 4) is 5.75 Å². The van der Waals surface area contributed by atoms with Crippen LogP contribution in [0.1, 0.15) is 21.5 Å². The monoisotopic (exact) mass is 430 g/mol. The van der Waals surface area contributed by atoms with Crippen molar-refractivity contribution in [3.05, 3.63) is 95.6 Å². The molecule has 1 saturated heterocycles. The van der Waals surface area contributed by atoms with Crippen LogP contribution in [0, 0.1) is 0 Å². The van der Waals surface area contributed by atoms with Crippen molar-refractivity contribution in [2.24, 2.45) is 0 Å². The van der Waals surface area contributed by atoms with E-state index >= 15 is 0 Å². The third kappa shape index (κ3) is 5.95.